The molecule has 2 aromatic carbocycles. The Kier molecular flexibility index (Phi) is 3.43. The molecule has 0 bridgehead atoms. The quantitative estimate of drug-likeness (QED) is 0.621. The van der Waals surface area contributed by atoms with Crippen LogP contribution in [0.3, 0.4) is 0 Å². The molecule has 0 radical (unpaired) electrons. The second-order valence-corrected chi connectivity index (χ2v) is 5.68. The molecule has 0 saturated carbocycles. The summed E-state index contributed by atoms with van der Waals surface area (Å²) < 4.78 is 3.38. The Morgan fingerprint density at radius 2 is 1.88 bits per heavy atom. The van der Waals surface area contributed by atoms with Crippen molar-refractivity contribution >= 4 is 22.4 Å². The van der Waals surface area contributed by atoms with E-state index in [9.17, 15) is 4.79 Å². The normalized spacial score (nSPS) is 10.9. The summed E-state index contributed by atoms with van der Waals surface area (Å²) in [6.45, 7) is 0.440. The van der Waals surface area contributed by atoms with Gasteiger partial charge in [-0.3, -0.25) is 13.8 Å². The van der Waals surface area contributed by atoms with E-state index in [-0.39, 0.29) is 5.56 Å². The van der Waals surface area contributed by atoms with E-state index < -0.39 is 0 Å². The zero-order chi connectivity index (χ0) is 17.4. The number of nitrogens with zero attached hydrogens (tertiary/aromatic N) is 5. The summed E-state index contributed by atoms with van der Waals surface area (Å²) in [6, 6.07) is 16.7. The molecule has 7 nitrogen and oxygen atoms in total. The van der Waals surface area contributed by atoms with Crippen LogP contribution in [0.4, 0.5) is 5.69 Å². The van der Waals surface area contributed by atoms with Gasteiger partial charge in [0, 0.05) is 12.7 Å². The molecule has 0 atom stereocenters. The van der Waals surface area contributed by atoms with Crippen molar-refractivity contribution in [3.63, 3.8) is 0 Å². The Morgan fingerprint density at radius 1 is 1.12 bits per heavy atom. The molecule has 4 aromatic rings. The fourth-order valence-corrected chi connectivity index (χ4v) is 2.85. The van der Waals surface area contributed by atoms with Crippen molar-refractivity contribution in [3.8, 4) is 6.07 Å². The van der Waals surface area contributed by atoms with Gasteiger partial charge in [0.1, 0.15) is 0 Å². The number of rotatable bonds is 3. The van der Waals surface area contributed by atoms with E-state index in [2.05, 4.69) is 21.6 Å². The van der Waals surface area contributed by atoms with Gasteiger partial charge in [0.05, 0.1) is 29.1 Å². The maximum atomic E-state index is 12.4. The van der Waals surface area contributed by atoms with Crippen molar-refractivity contribution in [1.29, 1.82) is 5.26 Å². The molecular formula is C18H14N6O. The van der Waals surface area contributed by atoms with Gasteiger partial charge in [0.15, 0.2) is 5.82 Å². The highest BCUT2D eigenvalue weighted by Gasteiger charge is 2.14. The number of benzene rings is 2. The third-order valence-corrected chi connectivity index (χ3v) is 4.16. The number of nitrogens with one attached hydrogen (secondary N) is 1. The summed E-state index contributed by atoms with van der Waals surface area (Å²) in [7, 11) is 1.69. The number of nitriles is 1. The van der Waals surface area contributed by atoms with Crippen LogP contribution >= 0.6 is 0 Å². The highest BCUT2D eigenvalue weighted by atomic mass is 16.1. The van der Waals surface area contributed by atoms with E-state index in [4.69, 9.17) is 5.26 Å². The minimum absolute atomic E-state index is 0.0953. The number of aromatic nitrogens is 4. The molecule has 0 amide bonds. The third kappa shape index (κ3) is 2.40. The monoisotopic (exact) mass is 330 g/mol. The lowest BCUT2D eigenvalue weighted by molar-refractivity contribution is 0.855. The maximum Gasteiger partial charge on any atom is 0.262 e. The Balaban J connectivity index is 1.78. The van der Waals surface area contributed by atoms with Gasteiger partial charge in [-0.05, 0) is 36.4 Å². The minimum atomic E-state index is -0.0953. The Morgan fingerprint density at radius 3 is 2.64 bits per heavy atom. The summed E-state index contributed by atoms with van der Waals surface area (Å²) in [5.41, 5.74) is 2.17. The van der Waals surface area contributed by atoms with Gasteiger partial charge in [-0.15, -0.1) is 10.2 Å². The first-order valence-corrected chi connectivity index (χ1v) is 7.75. The van der Waals surface area contributed by atoms with Crippen molar-refractivity contribution in [2.45, 2.75) is 6.54 Å². The molecule has 25 heavy (non-hydrogen) atoms. The molecule has 2 heterocycles. The second-order valence-electron chi connectivity index (χ2n) is 5.68. The van der Waals surface area contributed by atoms with Gasteiger partial charge in [-0.25, -0.2) is 0 Å². The summed E-state index contributed by atoms with van der Waals surface area (Å²) >= 11 is 0. The van der Waals surface area contributed by atoms with Crippen LogP contribution in [0, 0.1) is 11.3 Å². The number of para-hydroxylation sites is 1. The minimum Gasteiger partial charge on any atom is -0.378 e. The zero-order valence-corrected chi connectivity index (χ0v) is 13.5. The molecule has 2 aromatic heterocycles. The topological polar surface area (TPSA) is 88.0 Å². The molecule has 0 aliphatic carbocycles. The molecule has 0 aliphatic heterocycles. The molecule has 122 valence electrons. The largest absolute Gasteiger partial charge is 0.378 e. The van der Waals surface area contributed by atoms with Crippen LogP contribution in [-0.2, 0) is 13.6 Å². The predicted octanol–water partition coefficient (Wildman–Crippen LogP) is 2.06. The molecule has 0 fully saturated rings. The first-order chi connectivity index (χ1) is 12.2. The lowest BCUT2D eigenvalue weighted by Crippen LogP contribution is -2.20. The lowest BCUT2D eigenvalue weighted by atomic mass is 10.2. The standard InChI is InChI=1S/C18H14N6O/c1-23-17(25)14-4-2-3-5-15(14)24-16(21-22-18(23)24)11-20-13-8-6-12(10-19)7-9-13/h2-9,20H,11H2,1H3. The first kappa shape index (κ1) is 14.9. The van der Waals surface area contributed by atoms with Crippen molar-refractivity contribution in [1.82, 2.24) is 19.2 Å². The number of fused-ring (bicyclic) bond motifs is 3. The molecular weight excluding hydrogens is 316 g/mol. The molecule has 0 spiro atoms. The van der Waals surface area contributed by atoms with Crippen molar-refractivity contribution in [2.24, 2.45) is 7.05 Å². The van der Waals surface area contributed by atoms with Gasteiger partial charge < -0.3 is 5.32 Å². The van der Waals surface area contributed by atoms with E-state index in [1.807, 2.05) is 34.7 Å². The second kappa shape index (κ2) is 5.76. The smallest absolute Gasteiger partial charge is 0.262 e. The number of hydrogen-bond donors (Lipinski definition) is 1. The average molecular weight is 330 g/mol. The van der Waals surface area contributed by atoms with Crippen molar-refractivity contribution < 1.29 is 0 Å². The van der Waals surface area contributed by atoms with Crippen LogP contribution in [0.15, 0.2) is 53.3 Å². The molecule has 0 aliphatic rings. The van der Waals surface area contributed by atoms with E-state index in [1.54, 1.807) is 25.2 Å². The number of anilines is 1. The average Bonchev–Trinajstić information content (AvgIpc) is 3.09. The van der Waals surface area contributed by atoms with E-state index in [0.29, 0.717) is 29.1 Å². The van der Waals surface area contributed by atoms with Gasteiger partial charge >= 0.3 is 0 Å². The molecule has 1 N–H and O–H groups in total. The SMILES string of the molecule is Cn1c(=O)c2ccccc2n2c(CNc3ccc(C#N)cc3)nnc12. The molecule has 7 heteroatoms. The Bertz CT molecular complexity index is 1180. The summed E-state index contributed by atoms with van der Waals surface area (Å²) in [4.78, 5) is 12.4. The molecule has 0 unspecified atom stereocenters. The van der Waals surface area contributed by atoms with Crippen LogP contribution < -0.4 is 10.9 Å². The summed E-state index contributed by atoms with van der Waals surface area (Å²) in [5.74, 6) is 1.20. The Labute approximate surface area is 142 Å². The van der Waals surface area contributed by atoms with Gasteiger partial charge in [0.25, 0.3) is 5.56 Å². The fourth-order valence-electron chi connectivity index (χ4n) is 2.85. The van der Waals surface area contributed by atoms with Crippen LogP contribution in [0.2, 0.25) is 0 Å². The molecule has 4 rings (SSSR count). The first-order valence-electron chi connectivity index (χ1n) is 7.75. The lowest BCUT2D eigenvalue weighted by Gasteiger charge is -2.09. The highest BCUT2D eigenvalue weighted by molar-refractivity contribution is 5.80. The van der Waals surface area contributed by atoms with E-state index in [1.165, 1.54) is 4.57 Å². The highest BCUT2D eigenvalue weighted by Crippen LogP contribution is 2.15. The zero-order valence-electron chi connectivity index (χ0n) is 13.5. The Hall–Kier alpha value is -3.66. The summed E-state index contributed by atoms with van der Waals surface area (Å²) in [6.07, 6.45) is 0. The van der Waals surface area contributed by atoms with Crippen LogP contribution in [-0.4, -0.2) is 19.2 Å². The maximum absolute atomic E-state index is 12.4. The summed E-state index contributed by atoms with van der Waals surface area (Å²) in [5, 5.41) is 21.1. The van der Waals surface area contributed by atoms with Gasteiger partial charge in [-0.1, -0.05) is 12.1 Å². The van der Waals surface area contributed by atoms with Crippen LogP contribution in [0.5, 0.6) is 0 Å². The number of hydrogen-bond acceptors (Lipinski definition) is 5. The van der Waals surface area contributed by atoms with Crippen molar-refractivity contribution in [3.05, 3.63) is 70.3 Å². The van der Waals surface area contributed by atoms with Crippen LogP contribution in [0.1, 0.15) is 11.4 Å². The molecule has 0 saturated heterocycles. The number of aryl methyl sites for hydroxylation is 1. The van der Waals surface area contributed by atoms with Crippen LogP contribution in [0.25, 0.3) is 16.7 Å². The van der Waals surface area contributed by atoms with Gasteiger partial charge in [0.2, 0.25) is 5.78 Å². The third-order valence-electron chi connectivity index (χ3n) is 4.16. The van der Waals surface area contributed by atoms with Crippen molar-refractivity contribution in [2.75, 3.05) is 5.32 Å². The fraction of sp³-hybridized carbons (Fsp3) is 0.111. The van der Waals surface area contributed by atoms with Gasteiger partial charge in [-0.2, -0.15) is 5.26 Å². The van der Waals surface area contributed by atoms with E-state index in [0.717, 1.165) is 11.2 Å². The van der Waals surface area contributed by atoms with E-state index >= 15 is 0 Å². The predicted molar refractivity (Wildman–Crippen MR) is 94.2 cm³/mol.